The first kappa shape index (κ1) is 16.8. The average molecular weight is 304 g/mol. The van der Waals surface area contributed by atoms with E-state index in [4.69, 9.17) is 4.74 Å². The van der Waals surface area contributed by atoms with Gasteiger partial charge < -0.3 is 14.8 Å². The zero-order chi connectivity index (χ0) is 16.2. The van der Waals surface area contributed by atoms with Gasteiger partial charge >= 0.3 is 11.7 Å². The minimum atomic E-state index is -1.28. The number of likely N-dealkylation sites (N-methyl/N-ethyl adjacent to an activating group) is 1. The molecule has 0 fully saturated rings. The van der Waals surface area contributed by atoms with Gasteiger partial charge in [-0.3, -0.25) is 10.1 Å². The predicted octanol–water partition coefficient (Wildman–Crippen LogP) is 1.40. The predicted molar refractivity (Wildman–Crippen MR) is 68.0 cm³/mol. The Bertz CT molecular complexity index is 567. The molecule has 1 aromatic carbocycles. The number of carbonyl (C=O) groups excluding carboxylic acids is 1. The summed E-state index contributed by atoms with van der Waals surface area (Å²) in [6.45, 7) is 1.09. The fraction of sp³-hybridized carbons (Fsp3) is 0.417. The lowest BCUT2D eigenvalue weighted by molar-refractivity contribution is -0.387. The summed E-state index contributed by atoms with van der Waals surface area (Å²) < 4.78 is 36.6. The zero-order valence-electron chi connectivity index (χ0n) is 11.6. The standard InChI is InChI=1S/C12H14F2N2O5/c1-12(15-2,11(17)20-3)6-21-10-5-7(13)9(16(18)19)4-8(10)14/h4-5,15H,6H2,1-3H3. The first-order valence-electron chi connectivity index (χ1n) is 5.78. The molecule has 1 N–H and O–H groups in total. The summed E-state index contributed by atoms with van der Waals surface area (Å²) in [5, 5.41) is 13.1. The number of carbonyl (C=O) groups is 1. The van der Waals surface area contributed by atoms with E-state index in [1.54, 1.807) is 0 Å². The molecule has 0 heterocycles. The van der Waals surface area contributed by atoms with E-state index in [1.807, 2.05) is 0 Å². The highest BCUT2D eigenvalue weighted by molar-refractivity contribution is 5.80. The molecule has 0 radical (unpaired) electrons. The van der Waals surface area contributed by atoms with Crippen molar-refractivity contribution in [1.29, 1.82) is 0 Å². The van der Waals surface area contributed by atoms with Gasteiger partial charge in [0, 0.05) is 6.07 Å². The van der Waals surface area contributed by atoms with Gasteiger partial charge in [-0.2, -0.15) is 4.39 Å². The van der Waals surface area contributed by atoms with Crippen LogP contribution in [-0.2, 0) is 9.53 Å². The Balaban J connectivity index is 2.97. The van der Waals surface area contributed by atoms with E-state index in [9.17, 15) is 23.7 Å². The molecule has 21 heavy (non-hydrogen) atoms. The number of rotatable bonds is 6. The second-order valence-electron chi connectivity index (χ2n) is 4.35. The number of methoxy groups -OCH3 is 1. The fourth-order valence-electron chi connectivity index (χ4n) is 1.45. The number of nitro groups is 1. The van der Waals surface area contributed by atoms with Crippen LogP contribution < -0.4 is 10.1 Å². The van der Waals surface area contributed by atoms with E-state index in [2.05, 4.69) is 10.1 Å². The van der Waals surface area contributed by atoms with Gasteiger partial charge in [0.1, 0.15) is 12.1 Å². The monoisotopic (exact) mass is 304 g/mol. The van der Waals surface area contributed by atoms with Crippen molar-refractivity contribution in [3.05, 3.63) is 33.9 Å². The van der Waals surface area contributed by atoms with Crippen molar-refractivity contribution in [2.24, 2.45) is 0 Å². The maximum Gasteiger partial charge on any atom is 0.329 e. The van der Waals surface area contributed by atoms with Crippen LogP contribution >= 0.6 is 0 Å². The Morgan fingerprint density at radius 1 is 1.43 bits per heavy atom. The molecule has 116 valence electrons. The first-order valence-corrected chi connectivity index (χ1v) is 5.78. The lowest BCUT2D eigenvalue weighted by Crippen LogP contribution is -2.52. The van der Waals surface area contributed by atoms with E-state index < -0.39 is 39.5 Å². The number of nitrogens with zero attached hydrogens (tertiary/aromatic N) is 1. The molecule has 1 rings (SSSR count). The van der Waals surface area contributed by atoms with Gasteiger partial charge in [0.15, 0.2) is 11.6 Å². The van der Waals surface area contributed by atoms with Crippen LogP contribution in [-0.4, -0.2) is 37.2 Å². The Labute approximate surface area is 119 Å². The molecular weight excluding hydrogens is 290 g/mol. The number of hydrogen-bond donors (Lipinski definition) is 1. The lowest BCUT2D eigenvalue weighted by Gasteiger charge is -2.26. The largest absolute Gasteiger partial charge is 0.488 e. The number of nitrogens with one attached hydrogen (secondary N) is 1. The highest BCUT2D eigenvalue weighted by atomic mass is 19.1. The SMILES string of the molecule is CNC(C)(COc1cc(F)c([N+](=O)[O-])cc1F)C(=O)OC. The third-order valence-electron chi connectivity index (χ3n) is 2.90. The summed E-state index contributed by atoms with van der Waals surface area (Å²) >= 11 is 0. The number of hydrogen-bond acceptors (Lipinski definition) is 6. The summed E-state index contributed by atoms with van der Waals surface area (Å²) in [6, 6.07) is 0.973. The molecule has 1 aromatic rings. The second kappa shape index (κ2) is 6.44. The topological polar surface area (TPSA) is 90.7 Å². The maximum atomic E-state index is 13.6. The Kier molecular flexibility index (Phi) is 5.14. The molecule has 0 aliphatic carbocycles. The third kappa shape index (κ3) is 3.63. The van der Waals surface area contributed by atoms with Crippen molar-refractivity contribution in [2.45, 2.75) is 12.5 Å². The number of esters is 1. The van der Waals surface area contributed by atoms with Gasteiger partial charge in [0.2, 0.25) is 5.82 Å². The van der Waals surface area contributed by atoms with Gasteiger partial charge in [-0.1, -0.05) is 0 Å². The minimum absolute atomic E-state index is 0.357. The van der Waals surface area contributed by atoms with Crippen molar-refractivity contribution in [1.82, 2.24) is 5.32 Å². The van der Waals surface area contributed by atoms with E-state index in [1.165, 1.54) is 21.1 Å². The van der Waals surface area contributed by atoms with Crippen LogP contribution in [0.2, 0.25) is 0 Å². The van der Waals surface area contributed by atoms with Crippen LogP contribution in [0.1, 0.15) is 6.92 Å². The first-order chi connectivity index (χ1) is 9.75. The van der Waals surface area contributed by atoms with Crippen molar-refractivity contribution in [3.8, 4) is 5.75 Å². The van der Waals surface area contributed by atoms with E-state index in [-0.39, 0.29) is 6.61 Å². The molecule has 9 heteroatoms. The Morgan fingerprint density at radius 3 is 2.52 bits per heavy atom. The van der Waals surface area contributed by atoms with E-state index in [0.29, 0.717) is 12.1 Å². The number of nitro benzene ring substituents is 1. The van der Waals surface area contributed by atoms with E-state index in [0.717, 1.165) is 0 Å². The van der Waals surface area contributed by atoms with Gasteiger partial charge in [-0.15, -0.1) is 0 Å². The third-order valence-corrected chi connectivity index (χ3v) is 2.90. The molecule has 0 saturated heterocycles. The van der Waals surface area contributed by atoms with Crippen LogP contribution in [0, 0.1) is 21.7 Å². The van der Waals surface area contributed by atoms with Gasteiger partial charge in [0.25, 0.3) is 0 Å². The lowest BCUT2D eigenvalue weighted by atomic mass is 10.1. The maximum absolute atomic E-state index is 13.6. The number of ether oxygens (including phenoxy) is 2. The summed E-state index contributed by atoms with van der Waals surface area (Å²) in [6.07, 6.45) is 0. The summed E-state index contributed by atoms with van der Waals surface area (Å²) in [7, 11) is 2.64. The summed E-state index contributed by atoms with van der Waals surface area (Å²) in [4.78, 5) is 21.0. The smallest absolute Gasteiger partial charge is 0.329 e. The highest BCUT2D eigenvalue weighted by Crippen LogP contribution is 2.27. The molecule has 0 amide bonds. The minimum Gasteiger partial charge on any atom is -0.488 e. The number of benzene rings is 1. The van der Waals surface area contributed by atoms with Crippen LogP contribution in [0.4, 0.5) is 14.5 Å². The van der Waals surface area contributed by atoms with Crippen molar-refractivity contribution < 1.29 is 28.0 Å². The van der Waals surface area contributed by atoms with Crippen molar-refractivity contribution in [3.63, 3.8) is 0 Å². The van der Waals surface area contributed by atoms with Crippen LogP contribution in [0.25, 0.3) is 0 Å². The van der Waals surface area contributed by atoms with Crippen LogP contribution in [0.3, 0.4) is 0 Å². The van der Waals surface area contributed by atoms with E-state index >= 15 is 0 Å². The molecule has 0 aliphatic rings. The molecule has 1 atom stereocenters. The second-order valence-corrected chi connectivity index (χ2v) is 4.35. The summed E-state index contributed by atoms with van der Waals surface area (Å²) in [5.41, 5.74) is -2.27. The summed E-state index contributed by atoms with van der Waals surface area (Å²) in [5.74, 6) is -3.54. The molecule has 0 saturated carbocycles. The van der Waals surface area contributed by atoms with Gasteiger partial charge in [-0.05, 0) is 14.0 Å². The fourth-order valence-corrected chi connectivity index (χ4v) is 1.45. The van der Waals surface area contributed by atoms with Gasteiger partial charge in [-0.25, -0.2) is 9.18 Å². The molecular formula is C12H14F2N2O5. The Morgan fingerprint density at radius 2 is 2.05 bits per heavy atom. The van der Waals surface area contributed by atoms with Gasteiger partial charge in [0.05, 0.1) is 18.1 Å². The highest BCUT2D eigenvalue weighted by Gasteiger charge is 2.34. The van der Waals surface area contributed by atoms with Crippen LogP contribution in [0.5, 0.6) is 5.75 Å². The van der Waals surface area contributed by atoms with Crippen molar-refractivity contribution in [2.75, 3.05) is 20.8 Å². The molecule has 0 aliphatic heterocycles. The normalized spacial score (nSPS) is 13.4. The zero-order valence-corrected chi connectivity index (χ0v) is 11.6. The quantitative estimate of drug-likeness (QED) is 0.485. The average Bonchev–Trinajstić information content (AvgIpc) is 2.46. The van der Waals surface area contributed by atoms with Crippen molar-refractivity contribution >= 4 is 11.7 Å². The molecule has 0 spiro atoms. The van der Waals surface area contributed by atoms with Crippen LogP contribution in [0.15, 0.2) is 12.1 Å². The molecule has 1 unspecified atom stereocenters. The molecule has 7 nitrogen and oxygen atoms in total. The molecule has 0 aromatic heterocycles. The number of halogens is 2. The molecule has 0 bridgehead atoms. The Hall–Kier alpha value is -2.29.